The van der Waals surface area contributed by atoms with Gasteiger partial charge in [-0.25, -0.2) is 9.18 Å². The van der Waals surface area contributed by atoms with Crippen LogP contribution in [0.4, 0.5) is 4.39 Å². The number of aliphatic hydroxyl groups excluding tert-OH is 1. The number of carboxylic acids is 1. The van der Waals surface area contributed by atoms with Crippen molar-refractivity contribution in [1.82, 2.24) is 4.98 Å². The number of carboxylic acid groups (broad SMARTS) is 1. The minimum absolute atomic E-state index is 0.0824. The molecule has 1 aliphatic heterocycles. The van der Waals surface area contributed by atoms with E-state index in [1.54, 1.807) is 36.4 Å². The summed E-state index contributed by atoms with van der Waals surface area (Å²) in [7, 11) is 0. The molecule has 172 valence electrons. The van der Waals surface area contributed by atoms with Gasteiger partial charge in [0.25, 0.3) is 0 Å². The molecule has 1 saturated heterocycles. The van der Waals surface area contributed by atoms with Gasteiger partial charge in [-0.2, -0.15) is 0 Å². The van der Waals surface area contributed by atoms with Crippen molar-refractivity contribution in [2.75, 3.05) is 6.61 Å². The second-order valence-corrected chi connectivity index (χ2v) is 7.37. The lowest BCUT2D eigenvalue weighted by molar-refractivity contribution is -0.123. The number of nitrogens with one attached hydrogen (secondary N) is 1. The standard InChI is InChI=1S/C20H15FN2O3.C5H10O2/c21-16-5-1-13(2-6-16)12-26-17-7-3-14(4-8-17)19(22)18-11-15(20(24)25)9-10-23-18;6-5-3-1-2-4-7-5/h1-11,22H,12H2,(H,24,25);5-6H,1-4H2. The van der Waals surface area contributed by atoms with Crippen molar-refractivity contribution in [2.45, 2.75) is 32.2 Å². The molecule has 0 aliphatic carbocycles. The maximum atomic E-state index is 12.9. The lowest BCUT2D eigenvalue weighted by Gasteiger charge is -2.16. The van der Waals surface area contributed by atoms with E-state index in [0.717, 1.165) is 31.4 Å². The molecule has 0 saturated carbocycles. The largest absolute Gasteiger partial charge is 0.489 e. The Kier molecular flexibility index (Phi) is 8.63. The molecular weight excluding hydrogens is 427 g/mol. The highest BCUT2D eigenvalue weighted by atomic mass is 19.1. The summed E-state index contributed by atoms with van der Waals surface area (Å²) in [6, 6.07) is 15.6. The zero-order chi connectivity index (χ0) is 23.6. The predicted octanol–water partition coefficient (Wildman–Crippen LogP) is 4.42. The monoisotopic (exact) mass is 452 g/mol. The first-order chi connectivity index (χ1) is 15.9. The first-order valence-electron chi connectivity index (χ1n) is 10.5. The topological polar surface area (TPSA) is 113 Å². The normalized spacial score (nSPS) is 15.2. The maximum Gasteiger partial charge on any atom is 0.335 e. The third kappa shape index (κ3) is 7.48. The van der Waals surface area contributed by atoms with E-state index >= 15 is 0 Å². The average molecular weight is 452 g/mol. The second-order valence-electron chi connectivity index (χ2n) is 7.37. The van der Waals surface area contributed by atoms with Crippen molar-refractivity contribution in [1.29, 1.82) is 5.41 Å². The zero-order valence-corrected chi connectivity index (χ0v) is 17.9. The van der Waals surface area contributed by atoms with Crippen LogP contribution in [0.25, 0.3) is 0 Å². The number of hydrogen-bond acceptors (Lipinski definition) is 6. The molecular formula is C25H25FN2O5. The number of nitrogens with zero attached hydrogens (tertiary/aromatic N) is 1. The first kappa shape index (κ1) is 24.0. The fourth-order valence-corrected chi connectivity index (χ4v) is 3.04. The van der Waals surface area contributed by atoms with E-state index in [1.165, 1.54) is 30.5 Å². The molecule has 2 heterocycles. The summed E-state index contributed by atoms with van der Waals surface area (Å²) in [5.41, 5.74) is 1.93. The summed E-state index contributed by atoms with van der Waals surface area (Å²) in [5.74, 6) is -0.749. The van der Waals surface area contributed by atoms with Crippen LogP contribution in [0.2, 0.25) is 0 Å². The highest BCUT2D eigenvalue weighted by Crippen LogP contribution is 2.17. The Morgan fingerprint density at radius 2 is 1.82 bits per heavy atom. The van der Waals surface area contributed by atoms with Crippen molar-refractivity contribution in [2.24, 2.45) is 0 Å². The smallest absolute Gasteiger partial charge is 0.335 e. The van der Waals surface area contributed by atoms with Crippen molar-refractivity contribution >= 4 is 11.7 Å². The number of hydrogen-bond donors (Lipinski definition) is 3. The molecule has 0 spiro atoms. The fourth-order valence-electron chi connectivity index (χ4n) is 3.04. The van der Waals surface area contributed by atoms with Crippen LogP contribution in [-0.4, -0.2) is 39.8 Å². The average Bonchev–Trinajstić information content (AvgIpc) is 2.84. The Morgan fingerprint density at radius 1 is 1.09 bits per heavy atom. The summed E-state index contributed by atoms with van der Waals surface area (Å²) in [6.07, 6.45) is 3.94. The highest BCUT2D eigenvalue weighted by Gasteiger charge is 2.10. The molecule has 1 unspecified atom stereocenters. The van der Waals surface area contributed by atoms with Gasteiger partial charge in [-0.3, -0.25) is 10.4 Å². The van der Waals surface area contributed by atoms with Gasteiger partial charge >= 0.3 is 5.97 Å². The molecule has 1 aliphatic rings. The van der Waals surface area contributed by atoms with Crippen LogP contribution in [-0.2, 0) is 11.3 Å². The quantitative estimate of drug-likeness (QED) is 0.477. The lowest BCUT2D eigenvalue weighted by Crippen LogP contribution is -2.17. The molecule has 3 N–H and O–H groups in total. The van der Waals surface area contributed by atoms with Gasteiger partial charge in [0, 0.05) is 18.4 Å². The molecule has 1 aromatic heterocycles. The Morgan fingerprint density at radius 3 is 2.39 bits per heavy atom. The van der Waals surface area contributed by atoms with Crippen LogP contribution in [0.3, 0.4) is 0 Å². The SMILES string of the molecule is N=C(c1ccc(OCc2ccc(F)cc2)cc1)c1cc(C(=O)O)ccn1.OC1CCCCO1. The van der Waals surface area contributed by atoms with Crippen LogP contribution in [0, 0.1) is 11.2 Å². The van der Waals surface area contributed by atoms with Gasteiger partial charge in [0.1, 0.15) is 18.2 Å². The highest BCUT2D eigenvalue weighted by molar-refractivity contribution is 6.10. The summed E-state index contributed by atoms with van der Waals surface area (Å²) in [6.45, 7) is 1.04. The minimum atomic E-state index is -1.06. The molecule has 8 heteroatoms. The van der Waals surface area contributed by atoms with Crippen LogP contribution < -0.4 is 4.74 Å². The number of pyridine rings is 1. The van der Waals surface area contributed by atoms with E-state index in [4.69, 9.17) is 25.1 Å². The summed E-state index contributed by atoms with van der Waals surface area (Å²) >= 11 is 0. The van der Waals surface area contributed by atoms with Gasteiger partial charge in [0.05, 0.1) is 17.0 Å². The van der Waals surface area contributed by atoms with E-state index in [1.807, 2.05) is 0 Å². The van der Waals surface area contributed by atoms with E-state index in [2.05, 4.69) is 4.98 Å². The predicted molar refractivity (Wildman–Crippen MR) is 120 cm³/mol. The molecule has 1 fully saturated rings. The van der Waals surface area contributed by atoms with Crippen LogP contribution in [0.5, 0.6) is 5.75 Å². The first-order valence-corrected chi connectivity index (χ1v) is 10.5. The Bertz CT molecular complexity index is 1060. The minimum Gasteiger partial charge on any atom is -0.489 e. The number of benzene rings is 2. The molecule has 33 heavy (non-hydrogen) atoms. The van der Waals surface area contributed by atoms with Crippen molar-refractivity contribution in [3.63, 3.8) is 0 Å². The zero-order valence-electron chi connectivity index (χ0n) is 17.9. The van der Waals surface area contributed by atoms with E-state index in [9.17, 15) is 9.18 Å². The van der Waals surface area contributed by atoms with Gasteiger partial charge in [-0.15, -0.1) is 0 Å². The number of aliphatic hydroxyl groups is 1. The number of halogens is 1. The van der Waals surface area contributed by atoms with Gasteiger partial charge in [0.2, 0.25) is 0 Å². The van der Waals surface area contributed by atoms with Crippen LogP contribution in [0.15, 0.2) is 66.9 Å². The Labute approximate surface area is 191 Å². The van der Waals surface area contributed by atoms with Gasteiger partial charge in [-0.05, 0) is 73.4 Å². The van der Waals surface area contributed by atoms with E-state index < -0.39 is 12.3 Å². The second kappa shape index (κ2) is 11.8. The molecule has 2 aromatic carbocycles. The maximum absolute atomic E-state index is 12.9. The van der Waals surface area contributed by atoms with Crippen molar-refractivity contribution in [3.05, 3.63) is 95.1 Å². The summed E-state index contributed by atoms with van der Waals surface area (Å²) in [4.78, 5) is 15.1. The molecule has 3 aromatic rings. The van der Waals surface area contributed by atoms with Gasteiger partial charge < -0.3 is 19.7 Å². The molecule has 7 nitrogen and oxygen atoms in total. The number of ether oxygens (including phenoxy) is 2. The lowest BCUT2D eigenvalue weighted by atomic mass is 10.1. The Hall–Kier alpha value is -3.62. The van der Waals surface area contributed by atoms with Crippen LogP contribution >= 0.6 is 0 Å². The molecule has 1 atom stereocenters. The van der Waals surface area contributed by atoms with Gasteiger partial charge in [-0.1, -0.05) is 12.1 Å². The molecule has 4 rings (SSSR count). The van der Waals surface area contributed by atoms with Crippen molar-refractivity contribution in [3.8, 4) is 5.75 Å². The van der Waals surface area contributed by atoms with E-state index in [-0.39, 0.29) is 22.8 Å². The summed E-state index contributed by atoms with van der Waals surface area (Å²) in [5, 5.41) is 25.9. The third-order valence-electron chi connectivity index (χ3n) is 4.88. The number of rotatable bonds is 6. The molecule has 0 amide bonds. The molecule has 0 bridgehead atoms. The number of carbonyl (C=O) groups is 1. The summed E-state index contributed by atoms with van der Waals surface area (Å²) < 4.78 is 23.4. The van der Waals surface area contributed by atoms with Crippen LogP contribution in [0.1, 0.15) is 46.4 Å². The van der Waals surface area contributed by atoms with Crippen molar-refractivity contribution < 1.29 is 28.9 Å². The Balaban J connectivity index is 0.000000374. The number of aromatic nitrogens is 1. The van der Waals surface area contributed by atoms with Gasteiger partial charge in [0.15, 0.2) is 6.29 Å². The third-order valence-corrected chi connectivity index (χ3v) is 4.88. The fraction of sp³-hybridized carbons (Fsp3) is 0.240. The number of aromatic carboxylic acids is 1. The van der Waals surface area contributed by atoms with E-state index in [0.29, 0.717) is 17.9 Å². The molecule has 0 radical (unpaired) electrons.